The average Bonchev–Trinajstić information content (AvgIpc) is 2.89. The van der Waals surface area contributed by atoms with Crippen LogP contribution in [0.3, 0.4) is 0 Å². The highest BCUT2D eigenvalue weighted by molar-refractivity contribution is 9.10. The van der Waals surface area contributed by atoms with E-state index in [4.69, 9.17) is 0 Å². The van der Waals surface area contributed by atoms with Crippen LogP contribution in [0, 0.1) is 0 Å². The summed E-state index contributed by atoms with van der Waals surface area (Å²) in [6, 6.07) is 3.59. The van der Waals surface area contributed by atoms with Crippen molar-refractivity contribution in [3.8, 4) is 0 Å². The third-order valence-electron chi connectivity index (χ3n) is 3.27. The second-order valence-corrected chi connectivity index (χ2v) is 5.46. The van der Waals surface area contributed by atoms with E-state index in [9.17, 15) is 4.79 Å². The van der Waals surface area contributed by atoms with Crippen LogP contribution in [0.5, 0.6) is 0 Å². The van der Waals surface area contributed by atoms with Crippen LogP contribution in [0.2, 0.25) is 0 Å². The molecule has 5 heteroatoms. The van der Waals surface area contributed by atoms with E-state index in [-0.39, 0.29) is 5.91 Å². The van der Waals surface area contributed by atoms with Crippen LogP contribution in [-0.2, 0) is 0 Å². The number of hydrogen-bond donors (Lipinski definition) is 0. The molecule has 1 fully saturated rings. The van der Waals surface area contributed by atoms with E-state index in [1.165, 1.54) is 25.9 Å². The molecule has 0 spiro atoms. The molecule has 98 valence electrons. The van der Waals surface area contributed by atoms with Crippen LogP contribution in [-0.4, -0.2) is 53.9 Å². The molecule has 0 aliphatic carbocycles. The third-order valence-corrected chi connectivity index (χ3v) is 3.74. The summed E-state index contributed by atoms with van der Waals surface area (Å²) in [6.07, 6.45) is 4.18. The topological polar surface area (TPSA) is 36.4 Å². The van der Waals surface area contributed by atoms with E-state index >= 15 is 0 Å². The molecular weight excluding hydrogens is 294 g/mol. The standard InChI is InChI=1S/C13H18BrN3O/c1-16(8-9-17-6-2-3-7-17)13(18)11-4-5-12(14)15-10-11/h4-5,10H,2-3,6-9H2,1H3. The van der Waals surface area contributed by atoms with Gasteiger partial charge in [-0.05, 0) is 54.0 Å². The molecule has 0 atom stereocenters. The molecule has 0 radical (unpaired) electrons. The number of hydrogen-bond acceptors (Lipinski definition) is 3. The summed E-state index contributed by atoms with van der Waals surface area (Å²) in [7, 11) is 1.85. The minimum atomic E-state index is 0.0363. The number of likely N-dealkylation sites (N-methyl/N-ethyl adjacent to an activating group) is 1. The van der Waals surface area contributed by atoms with Crippen molar-refractivity contribution in [3.63, 3.8) is 0 Å². The predicted molar refractivity (Wildman–Crippen MR) is 74.6 cm³/mol. The zero-order chi connectivity index (χ0) is 13.0. The number of rotatable bonds is 4. The molecule has 1 aliphatic rings. The van der Waals surface area contributed by atoms with Crippen molar-refractivity contribution < 1.29 is 4.79 Å². The average molecular weight is 312 g/mol. The Labute approximate surface area is 116 Å². The molecule has 4 nitrogen and oxygen atoms in total. The summed E-state index contributed by atoms with van der Waals surface area (Å²) in [5, 5.41) is 0. The maximum Gasteiger partial charge on any atom is 0.255 e. The molecule has 1 aromatic heterocycles. The molecular formula is C13H18BrN3O. The molecule has 18 heavy (non-hydrogen) atoms. The van der Waals surface area contributed by atoms with E-state index in [1.807, 2.05) is 7.05 Å². The molecule has 0 unspecified atom stereocenters. The van der Waals surface area contributed by atoms with Crippen molar-refractivity contribution in [1.29, 1.82) is 0 Å². The Kier molecular flexibility index (Phi) is 4.72. The van der Waals surface area contributed by atoms with Gasteiger partial charge in [-0.15, -0.1) is 0 Å². The monoisotopic (exact) mass is 311 g/mol. The highest BCUT2D eigenvalue weighted by atomic mass is 79.9. The van der Waals surface area contributed by atoms with E-state index in [0.717, 1.165) is 17.7 Å². The summed E-state index contributed by atoms with van der Waals surface area (Å²) < 4.78 is 0.749. The van der Waals surface area contributed by atoms with Gasteiger partial charge in [-0.3, -0.25) is 4.79 Å². The van der Waals surface area contributed by atoms with Crippen molar-refractivity contribution in [3.05, 3.63) is 28.5 Å². The molecule has 1 saturated heterocycles. The minimum absolute atomic E-state index is 0.0363. The zero-order valence-corrected chi connectivity index (χ0v) is 12.2. The highest BCUT2D eigenvalue weighted by Gasteiger charge is 2.15. The van der Waals surface area contributed by atoms with Crippen LogP contribution >= 0.6 is 15.9 Å². The number of halogens is 1. The first-order valence-corrected chi connectivity index (χ1v) is 7.05. The largest absolute Gasteiger partial charge is 0.340 e. The number of carbonyl (C=O) groups is 1. The minimum Gasteiger partial charge on any atom is -0.340 e. The molecule has 0 saturated carbocycles. The quantitative estimate of drug-likeness (QED) is 0.798. The molecule has 1 aliphatic heterocycles. The lowest BCUT2D eigenvalue weighted by atomic mass is 10.2. The Bertz CT molecular complexity index is 401. The van der Waals surface area contributed by atoms with Gasteiger partial charge in [0.1, 0.15) is 4.60 Å². The second kappa shape index (κ2) is 6.29. The maximum atomic E-state index is 12.1. The first-order chi connectivity index (χ1) is 8.66. The van der Waals surface area contributed by atoms with Crippen molar-refractivity contribution in [1.82, 2.24) is 14.8 Å². The number of amides is 1. The van der Waals surface area contributed by atoms with Gasteiger partial charge in [0.2, 0.25) is 0 Å². The van der Waals surface area contributed by atoms with Crippen LogP contribution in [0.1, 0.15) is 23.2 Å². The Morgan fingerprint density at radius 2 is 2.17 bits per heavy atom. The summed E-state index contributed by atoms with van der Waals surface area (Å²) in [5.74, 6) is 0.0363. The molecule has 2 rings (SSSR count). The fourth-order valence-corrected chi connectivity index (χ4v) is 2.36. The molecule has 1 aromatic rings. The fraction of sp³-hybridized carbons (Fsp3) is 0.538. The number of aromatic nitrogens is 1. The third kappa shape index (κ3) is 3.53. The van der Waals surface area contributed by atoms with Crippen molar-refractivity contribution in [2.24, 2.45) is 0 Å². The Morgan fingerprint density at radius 3 is 2.78 bits per heavy atom. The van der Waals surface area contributed by atoms with Gasteiger partial charge in [0.05, 0.1) is 5.56 Å². The van der Waals surface area contributed by atoms with Gasteiger partial charge < -0.3 is 9.80 Å². The first kappa shape index (κ1) is 13.5. The molecule has 0 N–H and O–H groups in total. The summed E-state index contributed by atoms with van der Waals surface area (Å²) in [6.45, 7) is 4.07. The van der Waals surface area contributed by atoms with E-state index in [1.54, 1.807) is 23.2 Å². The van der Waals surface area contributed by atoms with Crippen molar-refractivity contribution >= 4 is 21.8 Å². The first-order valence-electron chi connectivity index (χ1n) is 6.26. The van der Waals surface area contributed by atoms with Gasteiger partial charge in [0, 0.05) is 26.3 Å². The maximum absolute atomic E-state index is 12.1. The molecule has 2 heterocycles. The predicted octanol–water partition coefficient (Wildman–Crippen LogP) is 2.01. The van der Waals surface area contributed by atoms with Crippen LogP contribution in [0.25, 0.3) is 0 Å². The lowest BCUT2D eigenvalue weighted by Gasteiger charge is -2.21. The lowest BCUT2D eigenvalue weighted by molar-refractivity contribution is 0.0782. The van der Waals surface area contributed by atoms with Crippen LogP contribution in [0.15, 0.2) is 22.9 Å². The molecule has 0 aromatic carbocycles. The number of pyridine rings is 1. The normalized spacial score (nSPS) is 15.9. The molecule has 1 amide bonds. The van der Waals surface area contributed by atoms with Gasteiger partial charge in [0.15, 0.2) is 0 Å². The summed E-state index contributed by atoms with van der Waals surface area (Å²) in [5.41, 5.74) is 0.641. The zero-order valence-electron chi connectivity index (χ0n) is 10.6. The second-order valence-electron chi connectivity index (χ2n) is 4.65. The Morgan fingerprint density at radius 1 is 1.44 bits per heavy atom. The number of likely N-dealkylation sites (tertiary alicyclic amines) is 1. The Balaban J connectivity index is 1.85. The van der Waals surface area contributed by atoms with E-state index in [0.29, 0.717) is 5.56 Å². The van der Waals surface area contributed by atoms with E-state index in [2.05, 4.69) is 25.8 Å². The summed E-state index contributed by atoms with van der Waals surface area (Å²) in [4.78, 5) is 20.4. The smallest absolute Gasteiger partial charge is 0.255 e. The lowest BCUT2D eigenvalue weighted by Crippen LogP contribution is -2.35. The van der Waals surface area contributed by atoms with Gasteiger partial charge in [-0.2, -0.15) is 0 Å². The van der Waals surface area contributed by atoms with E-state index < -0.39 is 0 Å². The van der Waals surface area contributed by atoms with Crippen molar-refractivity contribution in [2.45, 2.75) is 12.8 Å². The summed E-state index contributed by atoms with van der Waals surface area (Å²) >= 11 is 3.26. The van der Waals surface area contributed by atoms with Gasteiger partial charge in [0.25, 0.3) is 5.91 Å². The van der Waals surface area contributed by atoms with Gasteiger partial charge in [-0.1, -0.05) is 0 Å². The van der Waals surface area contributed by atoms with Gasteiger partial charge >= 0.3 is 0 Å². The van der Waals surface area contributed by atoms with Crippen molar-refractivity contribution in [2.75, 3.05) is 33.2 Å². The number of nitrogens with zero attached hydrogens (tertiary/aromatic N) is 3. The Hall–Kier alpha value is -0.940. The highest BCUT2D eigenvalue weighted by Crippen LogP contribution is 2.09. The molecule has 0 bridgehead atoms. The fourth-order valence-electron chi connectivity index (χ4n) is 2.12. The number of carbonyl (C=O) groups excluding carboxylic acids is 1. The van der Waals surface area contributed by atoms with Crippen LogP contribution < -0.4 is 0 Å². The van der Waals surface area contributed by atoms with Gasteiger partial charge in [-0.25, -0.2) is 4.98 Å². The SMILES string of the molecule is CN(CCN1CCCC1)C(=O)c1ccc(Br)nc1. The van der Waals surface area contributed by atoms with Crippen LogP contribution in [0.4, 0.5) is 0 Å².